The first-order chi connectivity index (χ1) is 11.9. The first kappa shape index (κ1) is 18.6. The molecule has 0 radical (unpaired) electrons. The van der Waals surface area contributed by atoms with Crippen molar-refractivity contribution in [1.82, 2.24) is 5.32 Å². The number of carbonyl (C=O) groups excluding carboxylic acids is 1. The number of benzene rings is 1. The summed E-state index contributed by atoms with van der Waals surface area (Å²) in [7, 11) is 0. The molecule has 0 unspecified atom stereocenters. The van der Waals surface area contributed by atoms with Crippen LogP contribution in [-0.4, -0.2) is 30.1 Å². The summed E-state index contributed by atoms with van der Waals surface area (Å²) < 4.78 is 10.9. The van der Waals surface area contributed by atoms with E-state index in [2.05, 4.69) is 19.2 Å². The Kier molecular flexibility index (Phi) is 6.22. The van der Waals surface area contributed by atoms with Crippen molar-refractivity contribution in [2.45, 2.75) is 33.1 Å². The molecule has 6 heteroatoms. The van der Waals surface area contributed by atoms with E-state index in [1.165, 1.54) is 11.6 Å². The van der Waals surface area contributed by atoms with Gasteiger partial charge in [0.1, 0.15) is 23.7 Å². The minimum absolute atomic E-state index is 0.00413. The van der Waals surface area contributed by atoms with Gasteiger partial charge in [0.05, 0.1) is 6.54 Å². The van der Waals surface area contributed by atoms with Gasteiger partial charge in [-0.3, -0.25) is 4.79 Å². The third-order valence-corrected chi connectivity index (χ3v) is 3.79. The van der Waals surface area contributed by atoms with Gasteiger partial charge in [0.2, 0.25) is 0 Å². The van der Waals surface area contributed by atoms with E-state index in [1.807, 2.05) is 24.3 Å². The molecule has 134 valence electrons. The van der Waals surface area contributed by atoms with Crippen LogP contribution < -0.4 is 10.1 Å². The van der Waals surface area contributed by atoms with E-state index >= 15 is 0 Å². The SMILES string of the molecule is CCc1oc(C(=O)NCCOc2ccc(C(C)C)cc2)cc1C(=O)O. The second-order valence-corrected chi connectivity index (χ2v) is 5.93. The van der Waals surface area contributed by atoms with E-state index in [9.17, 15) is 9.59 Å². The number of hydrogen-bond donors (Lipinski definition) is 2. The Balaban J connectivity index is 1.83. The number of hydrogen-bond acceptors (Lipinski definition) is 4. The number of aryl methyl sites for hydroxylation is 1. The number of furan rings is 1. The zero-order valence-electron chi connectivity index (χ0n) is 14.7. The van der Waals surface area contributed by atoms with Gasteiger partial charge < -0.3 is 19.6 Å². The van der Waals surface area contributed by atoms with Gasteiger partial charge in [-0.2, -0.15) is 0 Å². The standard InChI is InChI=1S/C19H23NO5/c1-4-16-15(19(22)23)11-17(25-16)18(21)20-9-10-24-14-7-5-13(6-8-14)12(2)3/h5-8,11-12H,4,9-10H2,1-3H3,(H,20,21)(H,22,23). The Morgan fingerprint density at radius 1 is 1.24 bits per heavy atom. The Morgan fingerprint density at radius 2 is 1.92 bits per heavy atom. The van der Waals surface area contributed by atoms with Crippen LogP contribution in [0.1, 0.15) is 58.9 Å². The normalized spacial score (nSPS) is 10.7. The molecule has 25 heavy (non-hydrogen) atoms. The first-order valence-electron chi connectivity index (χ1n) is 8.29. The van der Waals surface area contributed by atoms with E-state index in [0.717, 1.165) is 5.75 Å². The van der Waals surface area contributed by atoms with E-state index in [-0.39, 0.29) is 17.9 Å². The van der Waals surface area contributed by atoms with Crippen molar-refractivity contribution >= 4 is 11.9 Å². The lowest BCUT2D eigenvalue weighted by molar-refractivity contribution is 0.0694. The van der Waals surface area contributed by atoms with Crippen molar-refractivity contribution < 1.29 is 23.8 Å². The predicted molar refractivity (Wildman–Crippen MR) is 93.4 cm³/mol. The quantitative estimate of drug-likeness (QED) is 0.715. The maximum atomic E-state index is 12.0. The van der Waals surface area contributed by atoms with Crippen molar-refractivity contribution in [1.29, 1.82) is 0 Å². The maximum Gasteiger partial charge on any atom is 0.339 e. The molecule has 0 saturated carbocycles. The van der Waals surface area contributed by atoms with Crippen molar-refractivity contribution in [2.24, 2.45) is 0 Å². The molecule has 1 amide bonds. The molecule has 0 atom stereocenters. The van der Waals surface area contributed by atoms with Gasteiger partial charge in [-0.1, -0.05) is 32.9 Å². The molecule has 2 aromatic rings. The zero-order chi connectivity index (χ0) is 18.4. The summed E-state index contributed by atoms with van der Waals surface area (Å²) in [6.45, 7) is 6.61. The van der Waals surface area contributed by atoms with Gasteiger partial charge in [0.25, 0.3) is 5.91 Å². The van der Waals surface area contributed by atoms with Crippen molar-refractivity contribution in [2.75, 3.05) is 13.2 Å². The highest BCUT2D eigenvalue weighted by Gasteiger charge is 2.19. The number of nitrogens with one attached hydrogen (secondary N) is 1. The van der Waals surface area contributed by atoms with Gasteiger partial charge in [0.15, 0.2) is 5.76 Å². The highest BCUT2D eigenvalue weighted by Crippen LogP contribution is 2.18. The van der Waals surface area contributed by atoms with Crippen LogP contribution in [0.4, 0.5) is 0 Å². The lowest BCUT2D eigenvalue weighted by Crippen LogP contribution is -2.27. The Bertz CT molecular complexity index is 731. The lowest BCUT2D eigenvalue weighted by Gasteiger charge is -2.09. The summed E-state index contributed by atoms with van der Waals surface area (Å²) in [5.41, 5.74) is 1.26. The highest BCUT2D eigenvalue weighted by atomic mass is 16.5. The molecule has 1 aromatic carbocycles. The number of ether oxygens (including phenoxy) is 1. The molecule has 1 aromatic heterocycles. The molecular formula is C19H23NO5. The summed E-state index contributed by atoms with van der Waals surface area (Å²) in [5, 5.41) is 11.7. The minimum atomic E-state index is -1.10. The van der Waals surface area contributed by atoms with Crippen LogP contribution in [0.3, 0.4) is 0 Å². The molecule has 1 heterocycles. The third kappa shape index (κ3) is 4.86. The number of carbonyl (C=O) groups is 2. The fraction of sp³-hybridized carbons (Fsp3) is 0.368. The molecular weight excluding hydrogens is 322 g/mol. The van der Waals surface area contributed by atoms with Crippen LogP contribution in [0.5, 0.6) is 5.75 Å². The average molecular weight is 345 g/mol. The van der Waals surface area contributed by atoms with E-state index in [1.54, 1.807) is 6.92 Å². The van der Waals surface area contributed by atoms with Gasteiger partial charge in [-0.15, -0.1) is 0 Å². The summed E-state index contributed by atoms with van der Waals surface area (Å²) in [6, 6.07) is 9.08. The van der Waals surface area contributed by atoms with Crippen LogP contribution in [0.25, 0.3) is 0 Å². The summed E-state index contributed by atoms with van der Waals surface area (Å²) in [4.78, 5) is 23.1. The van der Waals surface area contributed by atoms with E-state index in [4.69, 9.17) is 14.3 Å². The molecule has 0 bridgehead atoms. The Hall–Kier alpha value is -2.76. The fourth-order valence-electron chi connectivity index (χ4n) is 2.35. The second-order valence-electron chi connectivity index (χ2n) is 5.93. The van der Waals surface area contributed by atoms with E-state index < -0.39 is 11.9 Å². The summed E-state index contributed by atoms with van der Waals surface area (Å²) in [6.07, 6.45) is 0.407. The van der Waals surface area contributed by atoms with Gasteiger partial charge in [-0.05, 0) is 23.6 Å². The maximum absolute atomic E-state index is 12.0. The number of rotatable bonds is 8. The van der Waals surface area contributed by atoms with Crippen LogP contribution in [0.2, 0.25) is 0 Å². The molecule has 0 aliphatic rings. The molecule has 2 rings (SSSR count). The lowest BCUT2D eigenvalue weighted by atomic mass is 10.0. The average Bonchev–Trinajstić information content (AvgIpc) is 3.03. The van der Waals surface area contributed by atoms with Crippen LogP contribution in [-0.2, 0) is 6.42 Å². The van der Waals surface area contributed by atoms with E-state index in [0.29, 0.717) is 24.7 Å². The second kappa shape index (κ2) is 8.37. The van der Waals surface area contributed by atoms with Gasteiger partial charge >= 0.3 is 5.97 Å². The molecule has 0 aliphatic carbocycles. The molecule has 0 spiro atoms. The molecule has 0 fully saturated rings. The fourth-order valence-corrected chi connectivity index (χ4v) is 2.35. The number of amides is 1. The molecule has 0 saturated heterocycles. The zero-order valence-corrected chi connectivity index (χ0v) is 14.7. The third-order valence-electron chi connectivity index (χ3n) is 3.79. The minimum Gasteiger partial charge on any atom is -0.492 e. The largest absolute Gasteiger partial charge is 0.492 e. The van der Waals surface area contributed by atoms with Crippen LogP contribution in [0, 0.1) is 0 Å². The molecule has 2 N–H and O–H groups in total. The van der Waals surface area contributed by atoms with Crippen LogP contribution >= 0.6 is 0 Å². The predicted octanol–water partition coefficient (Wildman–Crippen LogP) is 3.47. The first-order valence-corrected chi connectivity index (χ1v) is 8.29. The summed E-state index contributed by atoms with van der Waals surface area (Å²) in [5.74, 6) is -0.0770. The van der Waals surface area contributed by atoms with Gasteiger partial charge in [0, 0.05) is 12.5 Å². The monoisotopic (exact) mass is 345 g/mol. The topological polar surface area (TPSA) is 88.8 Å². The van der Waals surface area contributed by atoms with Gasteiger partial charge in [-0.25, -0.2) is 4.79 Å². The smallest absolute Gasteiger partial charge is 0.339 e. The number of aromatic carboxylic acids is 1. The molecule has 6 nitrogen and oxygen atoms in total. The van der Waals surface area contributed by atoms with Crippen molar-refractivity contribution in [3.05, 3.63) is 53.0 Å². The number of carboxylic acid groups (broad SMARTS) is 1. The Morgan fingerprint density at radius 3 is 2.44 bits per heavy atom. The molecule has 0 aliphatic heterocycles. The van der Waals surface area contributed by atoms with Crippen molar-refractivity contribution in [3.8, 4) is 5.75 Å². The number of carboxylic acids is 1. The van der Waals surface area contributed by atoms with Crippen LogP contribution in [0.15, 0.2) is 34.7 Å². The highest BCUT2D eigenvalue weighted by molar-refractivity contribution is 5.96. The van der Waals surface area contributed by atoms with Crippen molar-refractivity contribution in [3.63, 3.8) is 0 Å². The Labute approximate surface area is 146 Å². The summed E-state index contributed by atoms with van der Waals surface area (Å²) >= 11 is 0.